The Kier molecular flexibility index (Phi) is 3.97. The Morgan fingerprint density at radius 3 is 2.70 bits per heavy atom. The molecule has 1 atom stereocenters. The first-order chi connectivity index (χ1) is 9.24. The molecule has 1 amide bonds. The molecule has 0 saturated carbocycles. The molecule has 1 aliphatic heterocycles. The Morgan fingerprint density at radius 2 is 2.15 bits per heavy atom. The summed E-state index contributed by atoms with van der Waals surface area (Å²) in [7, 11) is 0. The van der Waals surface area contributed by atoms with Crippen molar-refractivity contribution in [2.75, 3.05) is 18.4 Å². The highest BCUT2D eigenvalue weighted by Crippen LogP contribution is 2.39. The average molecular weight is 307 g/mol. The van der Waals surface area contributed by atoms with Crippen LogP contribution in [0.1, 0.15) is 18.9 Å². The van der Waals surface area contributed by atoms with E-state index >= 15 is 0 Å². The molecule has 0 radical (unpaired) electrons. The number of benzene rings is 1. The number of halogens is 4. The monoisotopic (exact) mass is 306 g/mol. The van der Waals surface area contributed by atoms with Crippen molar-refractivity contribution in [3.63, 3.8) is 0 Å². The van der Waals surface area contributed by atoms with Gasteiger partial charge in [0.1, 0.15) is 0 Å². The van der Waals surface area contributed by atoms with Crippen LogP contribution in [0, 0.1) is 5.41 Å². The Labute approximate surface area is 119 Å². The number of carbonyl (C=O) groups is 1. The van der Waals surface area contributed by atoms with Gasteiger partial charge in [-0.3, -0.25) is 4.79 Å². The number of carbonyl (C=O) groups excluding carboxylic acids is 1. The van der Waals surface area contributed by atoms with E-state index in [2.05, 4.69) is 10.6 Å². The van der Waals surface area contributed by atoms with Gasteiger partial charge in [0.15, 0.2) is 0 Å². The maximum Gasteiger partial charge on any atom is 0.418 e. The topological polar surface area (TPSA) is 41.1 Å². The lowest BCUT2D eigenvalue weighted by molar-refractivity contribution is -0.137. The first kappa shape index (κ1) is 15.1. The highest BCUT2D eigenvalue weighted by Gasteiger charge is 2.39. The van der Waals surface area contributed by atoms with E-state index in [0.717, 1.165) is 6.07 Å². The van der Waals surface area contributed by atoms with Crippen molar-refractivity contribution in [2.45, 2.75) is 19.5 Å². The van der Waals surface area contributed by atoms with Crippen LogP contribution < -0.4 is 10.6 Å². The second kappa shape index (κ2) is 5.26. The minimum atomic E-state index is -4.57. The van der Waals surface area contributed by atoms with Crippen LogP contribution in [-0.4, -0.2) is 19.0 Å². The van der Waals surface area contributed by atoms with Crippen molar-refractivity contribution in [3.05, 3.63) is 28.8 Å². The molecule has 1 saturated heterocycles. The van der Waals surface area contributed by atoms with E-state index in [0.29, 0.717) is 19.5 Å². The van der Waals surface area contributed by atoms with E-state index in [1.54, 1.807) is 6.92 Å². The van der Waals surface area contributed by atoms with Crippen LogP contribution in [0.2, 0.25) is 5.02 Å². The molecular weight excluding hydrogens is 293 g/mol. The van der Waals surface area contributed by atoms with E-state index < -0.39 is 23.1 Å². The number of rotatable bonds is 2. The van der Waals surface area contributed by atoms with Gasteiger partial charge < -0.3 is 10.6 Å². The molecule has 1 aromatic rings. The summed E-state index contributed by atoms with van der Waals surface area (Å²) in [5.41, 5.74) is -2.03. The van der Waals surface area contributed by atoms with Crippen LogP contribution in [0.3, 0.4) is 0 Å². The van der Waals surface area contributed by atoms with Crippen LogP contribution in [0.5, 0.6) is 0 Å². The van der Waals surface area contributed by atoms with Crippen molar-refractivity contribution in [1.82, 2.24) is 5.32 Å². The summed E-state index contributed by atoms with van der Waals surface area (Å²) in [4.78, 5) is 12.2. The second-order valence-electron chi connectivity index (χ2n) is 5.10. The number of hydrogen-bond acceptors (Lipinski definition) is 2. The van der Waals surface area contributed by atoms with Gasteiger partial charge in [0.05, 0.1) is 21.7 Å². The molecule has 20 heavy (non-hydrogen) atoms. The van der Waals surface area contributed by atoms with Gasteiger partial charge in [-0.15, -0.1) is 0 Å². The average Bonchev–Trinajstić information content (AvgIpc) is 2.78. The fraction of sp³-hybridized carbons (Fsp3) is 0.462. The minimum Gasteiger partial charge on any atom is -0.324 e. The molecule has 1 unspecified atom stereocenters. The molecule has 1 aromatic carbocycles. The van der Waals surface area contributed by atoms with Gasteiger partial charge in [-0.05, 0) is 32.0 Å². The van der Waals surface area contributed by atoms with Crippen molar-refractivity contribution in [3.8, 4) is 0 Å². The maximum atomic E-state index is 12.9. The number of para-hydroxylation sites is 1. The molecule has 0 bridgehead atoms. The normalized spacial score (nSPS) is 22.9. The molecular formula is C13H14ClF3N2O. The number of anilines is 1. The fourth-order valence-corrected chi connectivity index (χ4v) is 2.38. The lowest BCUT2D eigenvalue weighted by Gasteiger charge is -2.23. The summed E-state index contributed by atoms with van der Waals surface area (Å²) >= 11 is 5.80. The van der Waals surface area contributed by atoms with E-state index in [1.165, 1.54) is 12.1 Å². The number of amides is 1. The molecule has 110 valence electrons. The predicted molar refractivity (Wildman–Crippen MR) is 70.7 cm³/mol. The fourth-order valence-electron chi connectivity index (χ4n) is 2.16. The zero-order valence-corrected chi connectivity index (χ0v) is 11.5. The molecule has 2 N–H and O–H groups in total. The Balaban J connectivity index is 2.32. The van der Waals surface area contributed by atoms with Crippen LogP contribution in [-0.2, 0) is 11.0 Å². The van der Waals surface area contributed by atoms with Gasteiger partial charge in [0.2, 0.25) is 5.91 Å². The van der Waals surface area contributed by atoms with Crippen molar-refractivity contribution < 1.29 is 18.0 Å². The summed E-state index contributed by atoms with van der Waals surface area (Å²) in [6, 6.07) is 3.43. The molecule has 0 spiro atoms. The molecule has 1 aliphatic rings. The van der Waals surface area contributed by atoms with Crippen LogP contribution in [0.15, 0.2) is 18.2 Å². The lowest BCUT2D eigenvalue weighted by atomic mass is 9.88. The molecule has 3 nitrogen and oxygen atoms in total. The molecule has 1 fully saturated rings. The van der Waals surface area contributed by atoms with Gasteiger partial charge >= 0.3 is 6.18 Å². The highest BCUT2D eigenvalue weighted by atomic mass is 35.5. The van der Waals surface area contributed by atoms with Crippen LogP contribution >= 0.6 is 11.6 Å². The smallest absolute Gasteiger partial charge is 0.324 e. The SMILES string of the molecule is CC1(C(=O)Nc2c(Cl)cccc2C(F)(F)F)CCNC1. The number of alkyl halides is 3. The Bertz CT molecular complexity index is 525. The standard InChI is InChI=1S/C13H14ClF3N2O/c1-12(5-6-18-7-12)11(20)19-10-8(13(15,16)17)3-2-4-9(10)14/h2-4,18H,5-7H2,1H3,(H,19,20). The van der Waals surface area contributed by atoms with Gasteiger partial charge in [0.25, 0.3) is 0 Å². The zero-order valence-electron chi connectivity index (χ0n) is 10.8. The van der Waals surface area contributed by atoms with Crippen molar-refractivity contribution in [1.29, 1.82) is 0 Å². The number of hydrogen-bond donors (Lipinski definition) is 2. The summed E-state index contributed by atoms with van der Waals surface area (Å²) < 4.78 is 38.8. The third-order valence-electron chi connectivity index (χ3n) is 3.47. The largest absolute Gasteiger partial charge is 0.418 e. The summed E-state index contributed by atoms with van der Waals surface area (Å²) in [5, 5.41) is 5.24. The third-order valence-corrected chi connectivity index (χ3v) is 3.79. The zero-order chi connectivity index (χ0) is 15.0. The molecule has 2 rings (SSSR count). The summed E-state index contributed by atoms with van der Waals surface area (Å²) in [6.07, 6.45) is -3.99. The maximum absolute atomic E-state index is 12.9. The van der Waals surface area contributed by atoms with Crippen LogP contribution in [0.4, 0.5) is 18.9 Å². The first-order valence-corrected chi connectivity index (χ1v) is 6.50. The van der Waals surface area contributed by atoms with E-state index in [9.17, 15) is 18.0 Å². The van der Waals surface area contributed by atoms with Gasteiger partial charge in [-0.2, -0.15) is 13.2 Å². The first-order valence-electron chi connectivity index (χ1n) is 6.12. The predicted octanol–water partition coefficient (Wildman–Crippen LogP) is 3.30. The number of nitrogens with one attached hydrogen (secondary N) is 2. The Hall–Kier alpha value is -1.27. The van der Waals surface area contributed by atoms with E-state index in [-0.39, 0.29) is 10.7 Å². The lowest BCUT2D eigenvalue weighted by Crippen LogP contribution is -2.36. The second-order valence-corrected chi connectivity index (χ2v) is 5.51. The highest BCUT2D eigenvalue weighted by molar-refractivity contribution is 6.34. The quantitative estimate of drug-likeness (QED) is 0.880. The van der Waals surface area contributed by atoms with Gasteiger partial charge in [0, 0.05) is 6.54 Å². The molecule has 7 heteroatoms. The summed E-state index contributed by atoms with van der Waals surface area (Å²) in [6.45, 7) is 2.82. The minimum absolute atomic E-state index is 0.122. The van der Waals surface area contributed by atoms with E-state index in [1.807, 2.05) is 0 Å². The molecule has 0 aliphatic carbocycles. The van der Waals surface area contributed by atoms with Gasteiger partial charge in [-0.25, -0.2) is 0 Å². The van der Waals surface area contributed by atoms with Crippen LogP contribution in [0.25, 0.3) is 0 Å². The van der Waals surface area contributed by atoms with Gasteiger partial charge in [-0.1, -0.05) is 17.7 Å². The van der Waals surface area contributed by atoms with Crippen molar-refractivity contribution >= 4 is 23.2 Å². The summed E-state index contributed by atoms with van der Waals surface area (Å²) in [5.74, 6) is -0.457. The van der Waals surface area contributed by atoms with E-state index in [4.69, 9.17) is 11.6 Å². The molecule has 0 aromatic heterocycles. The molecule has 1 heterocycles. The Morgan fingerprint density at radius 1 is 1.45 bits per heavy atom. The van der Waals surface area contributed by atoms with Crippen molar-refractivity contribution in [2.24, 2.45) is 5.41 Å². The third kappa shape index (κ3) is 2.91.